The van der Waals surface area contributed by atoms with Gasteiger partial charge in [0.15, 0.2) is 0 Å². The normalized spacial score (nSPS) is 21.0. The molecule has 0 amide bonds. The van der Waals surface area contributed by atoms with Gasteiger partial charge >= 0.3 is 7.12 Å². The highest BCUT2D eigenvalue weighted by Gasteiger charge is 2.52. The van der Waals surface area contributed by atoms with Crippen molar-refractivity contribution in [2.75, 3.05) is 4.90 Å². The fourth-order valence-electron chi connectivity index (χ4n) is 5.68. The molecule has 1 heterocycles. The SMILES string of the molecule is CC1C=C(B2OC(C)(C)C(C)(C)O2)C=CC1N(c1ccc(-c2ccccc2)cc1)c1ccc(-c2ccccc2)cc1. The van der Waals surface area contributed by atoms with E-state index in [1.807, 2.05) is 0 Å². The Balaban J connectivity index is 1.33. The Labute approximate surface area is 245 Å². The topological polar surface area (TPSA) is 21.7 Å². The molecule has 0 aromatic heterocycles. The largest absolute Gasteiger partial charge is 0.494 e. The lowest BCUT2D eigenvalue weighted by atomic mass is 9.73. The van der Waals surface area contributed by atoms with Gasteiger partial charge in [-0.1, -0.05) is 110 Å². The first-order chi connectivity index (χ1) is 19.7. The van der Waals surface area contributed by atoms with Crippen LogP contribution in [0.4, 0.5) is 11.4 Å². The van der Waals surface area contributed by atoms with Gasteiger partial charge in [-0.15, -0.1) is 0 Å². The van der Waals surface area contributed by atoms with Gasteiger partial charge in [-0.3, -0.25) is 0 Å². The molecule has 41 heavy (non-hydrogen) atoms. The summed E-state index contributed by atoms with van der Waals surface area (Å²) in [6.45, 7) is 10.7. The molecule has 0 radical (unpaired) electrons. The summed E-state index contributed by atoms with van der Waals surface area (Å²) in [5, 5.41) is 0. The average molecular weight is 540 g/mol. The van der Waals surface area contributed by atoms with Crippen LogP contribution in [0.3, 0.4) is 0 Å². The molecule has 2 unspecified atom stereocenters. The molecule has 2 atom stereocenters. The van der Waals surface area contributed by atoms with Crippen LogP contribution in [0, 0.1) is 5.92 Å². The van der Waals surface area contributed by atoms with Gasteiger partial charge in [-0.25, -0.2) is 0 Å². The Kier molecular flexibility index (Phi) is 7.23. The first-order valence-corrected chi connectivity index (χ1v) is 14.6. The van der Waals surface area contributed by atoms with Crippen LogP contribution >= 0.6 is 0 Å². The monoisotopic (exact) mass is 539 g/mol. The number of allylic oxidation sites excluding steroid dienone is 2. The lowest BCUT2D eigenvalue weighted by Crippen LogP contribution is -2.41. The Bertz CT molecular complexity index is 1440. The van der Waals surface area contributed by atoms with Crippen molar-refractivity contribution in [3.05, 3.63) is 133 Å². The van der Waals surface area contributed by atoms with E-state index in [0.29, 0.717) is 0 Å². The smallest absolute Gasteiger partial charge is 0.399 e. The highest BCUT2D eigenvalue weighted by molar-refractivity contribution is 6.55. The van der Waals surface area contributed by atoms with E-state index in [9.17, 15) is 0 Å². The van der Waals surface area contributed by atoms with Gasteiger partial charge in [-0.2, -0.15) is 0 Å². The third-order valence-electron chi connectivity index (χ3n) is 8.81. The van der Waals surface area contributed by atoms with Crippen LogP contribution in [0.15, 0.2) is 133 Å². The zero-order chi connectivity index (χ0) is 28.6. The molecular formula is C37H38BNO2. The summed E-state index contributed by atoms with van der Waals surface area (Å²) in [4.78, 5) is 2.45. The second kappa shape index (κ2) is 10.9. The fraction of sp³-hybridized carbons (Fsp3) is 0.243. The summed E-state index contributed by atoms with van der Waals surface area (Å²) in [5.74, 6) is 0.233. The highest BCUT2D eigenvalue weighted by atomic mass is 16.7. The third-order valence-corrected chi connectivity index (χ3v) is 8.81. The van der Waals surface area contributed by atoms with Crippen LogP contribution in [0.5, 0.6) is 0 Å². The summed E-state index contributed by atoms with van der Waals surface area (Å²) >= 11 is 0. The van der Waals surface area contributed by atoms with E-state index >= 15 is 0 Å². The van der Waals surface area contributed by atoms with Crippen molar-refractivity contribution in [1.29, 1.82) is 0 Å². The average Bonchev–Trinajstić information content (AvgIpc) is 3.22. The standard InChI is InChI=1S/C37H38BNO2/c1-27-26-32(38-40-36(2,3)37(4,5)41-38)20-25-35(27)39(33-21-16-30(17-22-33)28-12-8-6-9-13-28)34-23-18-31(19-24-34)29-14-10-7-11-15-29/h6-27,35H,1-5H3. The van der Waals surface area contributed by atoms with Gasteiger partial charge in [-0.05, 0) is 85.6 Å². The summed E-state index contributed by atoms with van der Waals surface area (Å²) in [7, 11) is -0.358. The lowest BCUT2D eigenvalue weighted by molar-refractivity contribution is 0.00578. The van der Waals surface area contributed by atoms with Crippen molar-refractivity contribution >= 4 is 18.5 Å². The summed E-state index contributed by atoms with van der Waals surface area (Å²) in [6, 6.07) is 39.0. The number of hydrogen-bond donors (Lipinski definition) is 0. The first kappa shape index (κ1) is 27.3. The molecule has 1 fully saturated rings. The summed E-state index contributed by atoms with van der Waals surface area (Å²) < 4.78 is 12.7. The maximum Gasteiger partial charge on any atom is 0.494 e. The summed E-state index contributed by atoms with van der Waals surface area (Å²) in [6.07, 6.45) is 6.81. The van der Waals surface area contributed by atoms with Crippen LogP contribution < -0.4 is 4.90 Å². The van der Waals surface area contributed by atoms with Gasteiger partial charge in [0.05, 0.1) is 17.2 Å². The Morgan fingerprint density at radius 1 is 0.585 bits per heavy atom. The van der Waals surface area contributed by atoms with Crippen molar-refractivity contribution in [2.45, 2.75) is 51.9 Å². The van der Waals surface area contributed by atoms with Gasteiger partial charge in [0.25, 0.3) is 0 Å². The van der Waals surface area contributed by atoms with Gasteiger partial charge in [0.1, 0.15) is 0 Å². The Morgan fingerprint density at radius 3 is 1.41 bits per heavy atom. The molecule has 4 aromatic carbocycles. The van der Waals surface area contributed by atoms with Gasteiger partial charge in [0.2, 0.25) is 0 Å². The van der Waals surface area contributed by atoms with Gasteiger partial charge < -0.3 is 14.2 Å². The number of nitrogens with zero attached hydrogens (tertiary/aromatic N) is 1. The predicted octanol–water partition coefficient (Wildman–Crippen LogP) is 9.29. The fourth-order valence-corrected chi connectivity index (χ4v) is 5.68. The van der Waals surface area contributed by atoms with E-state index in [2.05, 4.69) is 167 Å². The Hall–Kier alpha value is -3.86. The van der Waals surface area contributed by atoms with Crippen LogP contribution in [-0.4, -0.2) is 24.4 Å². The molecule has 1 aliphatic carbocycles. The molecule has 0 bridgehead atoms. The zero-order valence-electron chi connectivity index (χ0n) is 24.6. The van der Waals surface area contributed by atoms with Crippen molar-refractivity contribution in [1.82, 2.24) is 0 Å². The second-order valence-electron chi connectivity index (χ2n) is 12.2. The first-order valence-electron chi connectivity index (χ1n) is 14.6. The number of benzene rings is 4. The summed E-state index contributed by atoms with van der Waals surface area (Å²) in [5.41, 5.74) is 7.55. The quantitative estimate of drug-likeness (QED) is 0.228. The van der Waals surface area contributed by atoms with E-state index in [1.54, 1.807) is 0 Å². The number of anilines is 2. The van der Waals surface area contributed by atoms with E-state index in [4.69, 9.17) is 9.31 Å². The number of hydrogen-bond acceptors (Lipinski definition) is 3. The Morgan fingerprint density at radius 2 is 1.00 bits per heavy atom. The molecule has 0 N–H and O–H groups in total. The molecule has 4 heteroatoms. The third kappa shape index (κ3) is 5.42. The molecule has 0 spiro atoms. The number of rotatable bonds is 6. The molecule has 6 rings (SSSR count). The van der Waals surface area contributed by atoms with E-state index in [-0.39, 0.29) is 30.3 Å². The van der Waals surface area contributed by atoms with Gasteiger partial charge in [0, 0.05) is 11.4 Å². The van der Waals surface area contributed by atoms with E-state index < -0.39 is 0 Å². The van der Waals surface area contributed by atoms with Crippen molar-refractivity contribution < 1.29 is 9.31 Å². The molecule has 3 nitrogen and oxygen atoms in total. The van der Waals surface area contributed by atoms with Crippen molar-refractivity contribution in [3.63, 3.8) is 0 Å². The second-order valence-corrected chi connectivity index (χ2v) is 12.2. The maximum absolute atomic E-state index is 6.37. The van der Waals surface area contributed by atoms with Crippen molar-refractivity contribution in [3.8, 4) is 22.3 Å². The van der Waals surface area contributed by atoms with Crippen LogP contribution in [0.2, 0.25) is 0 Å². The predicted molar refractivity (Wildman–Crippen MR) is 172 cm³/mol. The van der Waals surface area contributed by atoms with E-state index in [1.165, 1.54) is 22.3 Å². The molecule has 1 aliphatic heterocycles. The van der Waals surface area contributed by atoms with E-state index in [0.717, 1.165) is 16.8 Å². The molecule has 206 valence electrons. The van der Waals surface area contributed by atoms with Crippen LogP contribution in [0.25, 0.3) is 22.3 Å². The molecule has 1 saturated heterocycles. The maximum atomic E-state index is 6.37. The molecule has 2 aliphatic rings. The lowest BCUT2D eigenvalue weighted by Gasteiger charge is -2.37. The minimum Gasteiger partial charge on any atom is -0.399 e. The highest BCUT2D eigenvalue weighted by Crippen LogP contribution is 2.41. The van der Waals surface area contributed by atoms with Crippen LogP contribution in [-0.2, 0) is 9.31 Å². The minimum atomic E-state index is -0.362. The minimum absolute atomic E-state index is 0.131. The molecule has 4 aromatic rings. The zero-order valence-corrected chi connectivity index (χ0v) is 24.6. The molecular weight excluding hydrogens is 501 g/mol. The molecule has 0 saturated carbocycles. The van der Waals surface area contributed by atoms with Crippen LogP contribution in [0.1, 0.15) is 34.6 Å². The van der Waals surface area contributed by atoms with Crippen molar-refractivity contribution in [2.24, 2.45) is 5.92 Å².